The second-order valence-corrected chi connectivity index (χ2v) is 5.87. The molecule has 3 rings (SSSR count). The quantitative estimate of drug-likeness (QED) is 0.880. The number of hydrogen-bond donors (Lipinski definition) is 1. The van der Waals surface area contributed by atoms with Crippen LogP contribution >= 0.6 is 24.8 Å². The smallest absolute Gasteiger partial charge is 0.131 e. The number of rotatable bonds is 5. The van der Waals surface area contributed by atoms with Crippen LogP contribution in [0.25, 0.3) is 0 Å². The molecule has 2 fully saturated rings. The van der Waals surface area contributed by atoms with Gasteiger partial charge in [-0.25, -0.2) is 4.39 Å². The molecular formula is C16H25Cl2FN2O. The van der Waals surface area contributed by atoms with Crippen LogP contribution in [0.4, 0.5) is 4.39 Å². The molecule has 1 aromatic rings. The number of nitrogens with zero attached hydrogens (tertiary/aromatic N) is 1. The summed E-state index contributed by atoms with van der Waals surface area (Å²) in [5.41, 5.74) is 0.833. The second-order valence-electron chi connectivity index (χ2n) is 5.87. The molecule has 0 unspecified atom stereocenters. The molecule has 6 heteroatoms. The first-order valence-electron chi connectivity index (χ1n) is 7.56. The van der Waals surface area contributed by atoms with Crippen molar-refractivity contribution in [2.75, 3.05) is 33.3 Å². The maximum absolute atomic E-state index is 14.4. The van der Waals surface area contributed by atoms with Crippen LogP contribution in [0.15, 0.2) is 18.2 Å². The number of piperazine rings is 1. The minimum atomic E-state index is -0.131. The Kier molecular flexibility index (Phi) is 7.90. The molecule has 3 nitrogen and oxygen atoms in total. The van der Waals surface area contributed by atoms with E-state index in [1.54, 1.807) is 7.11 Å². The number of ether oxygens (including phenoxy) is 1. The summed E-state index contributed by atoms with van der Waals surface area (Å²) >= 11 is 0. The first kappa shape index (κ1) is 19.5. The normalized spacial score (nSPS) is 19.7. The van der Waals surface area contributed by atoms with E-state index >= 15 is 0 Å². The minimum Gasteiger partial charge on any atom is -0.497 e. The number of nitrogens with one attached hydrogen (secondary N) is 1. The highest BCUT2D eigenvalue weighted by atomic mass is 35.5. The first-order valence-corrected chi connectivity index (χ1v) is 7.56. The fourth-order valence-electron chi connectivity index (χ4n) is 3.04. The van der Waals surface area contributed by atoms with Gasteiger partial charge in [0, 0.05) is 43.9 Å². The lowest BCUT2D eigenvalue weighted by atomic mass is 9.98. The van der Waals surface area contributed by atoms with Crippen molar-refractivity contribution in [1.29, 1.82) is 0 Å². The molecule has 22 heavy (non-hydrogen) atoms. The van der Waals surface area contributed by atoms with Gasteiger partial charge >= 0.3 is 0 Å². The summed E-state index contributed by atoms with van der Waals surface area (Å²) in [7, 11) is 1.58. The van der Waals surface area contributed by atoms with Gasteiger partial charge < -0.3 is 10.1 Å². The lowest BCUT2D eigenvalue weighted by Gasteiger charge is -2.35. The minimum absolute atomic E-state index is 0. The van der Waals surface area contributed by atoms with Crippen molar-refractivity contribution >= 4 is 24.8 Å². The fourth-order valence-corrected chi connectivity index (χ4v) is 3.04. The summed E-state index contributed by atoms with van der Waals surface area (Å²) in [4.78, 5) is 2.43. The van der Waals surface area contributed by atoms with Crippen molar-refractivity contribution in [1.82, 2.24) is 10.2 Å². The van der Waals surface area contributed by atoms with Crippen molar-refractivity contribution in [3.63, 3.8) is 0 Å². The van der Waals surface area contributed by atoms with Gasteiger partial charge in [0.2, 0.25) is 0 Å². The van der Waals surface area contributed by atoms with Crippen molar-refractivity contribution in [3.05, 3.63) is 29.6 Å². The Hall–Kier alpha value is -0.550. The fraction of sp³-hybridized carbons (Fsp3) is 0.625. The SMILES string of the molecule is COc1ccc([C@@H](CC2CC2)N2CCNCC2)c(F)c1.Cl.Cl. The number of halogens is 3. The van der Waals surface area contributed by atoms with Gasteiger partial charge in [-0.3, -0.25) is 4.90 Å². The largest absolute Gasteiger partial charge is 0.497 e. The Balaban J connectivity index is 0.00000121. The zero-order chi connectivity index (χ0) is 13.9. The summed E-state index contributed by atoms with van der Waals surface area (Å²) in [6.45, 7) is 4.00. The van der Waals surface area contributed by atoms with E-state index in [4.69, 9.17) is 4.74 Å². The molecule has 1 heterocycles. The van der Waals surface area contributed by atoms with Gasteiger partial charge in [0.05, 0.1) is 7.11 Å². The van der Waals surface area contributed by atoms with E-state index in [1.807, 2.05) is 12.1 Å². The van der Waals surface area contributed by atoms with Crippen LogP contribution in [0.2, 0.25) is 0 Å². The second kappa shape index (κ2) is 8.92. The molecule has 2 aliphatic rings. The summed E-state index contributed by atoms with van der Waals surface area (Å²) in [6, 6.07) is 5.51. The van der Waals surface area contributed by atoms with Gasteiger partial charge in [-0.05, 0) is 18.4 Å². The summed E-state index contributed by atoms with van der Waals surface area (Å²) in [6.07, 6.45) is 3.70. The molecule has 0 aromatic heterocycles. The predicted octanol–water partition coefficient (Wildman–Crippen LogP) is 3.42. The Morgan fingerprint density at radius 1 is 1.27 bits per heavy atom. The summed E-state index contributed by atoms with van der Waals surface area (Å²) < 4.78 is 19.5. The zero-order valence-corrected chi connectivity index (χ0v) is 14.5. The van der Waals surface area contributed by atoms with E-state index in [9.17, 15) is 4.39 Å². The molecule has 1 atom stereocenters. The molecular weight excluding hydrogens is 326 g/mol. The van der Waals surface area contributed by atoms with Gasteiger partial charge in [-0.1, -0.05) is 18.9 Å². The predicted molar refractivity (Wildman–Crippen MR) is 92.0 cm³/mol. The van der Waals surface area contributed by atoms with Crippen molar-refractivity contribution in [3.8, 4) is 5.75 Å². The maximum Gasteiger partial charge on any atom is 0.131 e. The lowest BCUT2D eigenvalue weighted by Crippen LogP contribution is -2.45. The average molecular weight is 351 g/mol. The van der Waals surface area contributed by atoms with E-state index in [0.29, 0.717) is 5.75 Å². The number of methoxy groups -OCH3 is 1. The van der Waals surface area contributed by atoms with Crippen LogP contribution in [0.1, 0.15) is 30.9 Å². The summed E-state index contributed by atoms with van der Waals surface area (Å²) in [5.74, 6) is 1.25. The van der Waals surface area contributed by atoms with E-state index in [2.05, 4.69) is 10.2 Å². The maximum atomic E-state index is 14.4. The molecule has 0 radical (unpaired) electrons. The Labute approximate surface area is 144 Å². The van der Waals surface area contributed by atoms with Gasteiger partial charge in [0.15, 0.2) is 0 Å². The Morgan fingerprint density at radius 2 is 1.95 bits per heavy atom. The molecule has 1 aromatic carbocycles. The summed E-state index contributed by atoms with van der Waals surface area (Å²) in [5, 5.41) is 3.37. The van der Waals surface area contributed by atoms with Crippen LogP contribution in [0.5, 0.6) is 5.75 Å². The van der Waals surface area contributed by atoms with E-state index < -0.39 is 0 Å². The molecule has 0 amide bonds. The average Bonchev–Trinajstić information content (AvgIpc) is 3.30. The van der Waals surface area contributed by atoms with Crippen LogP contribution in [-0.2, 0) is 0 Å². The van der Waals surface area contributed by atoms with Crippen LogP contribution < -0.4 is 10.1 Å². The van der Waals surface area contributed by atoms with Crippen molar-refractivity contribution in [2.24, 2.45) is 5.92 Å². The van der Waals surface area contributed by atoms with E-state index in [0.717, 1.165) is 44.1 Å². The molecule has 1 saturated carbocycles. The van der Waals surface area contributed by atoms with Gasteiger partial charge in [0.1, 0.15) is 11.6 Å². The van der Waals surface area contributed by atoms with Crippen LogP contribution in [0, 0.1) is 11.7 Å². The zero-order valence-electron chi connectivity index (χ0n) is 12.9. The third-order valence-corrected chi connectivity index (χ3v) is 4.41. The highest BCUT2D eigenvalue weighted by Gasteiger charge is 2.31. The number of benzene rings is 1. The van der Waals surface area contributed by atoms with Crippen LogP contribution in [0.3, 0.4) is 0 Å². The topological polar surface area (TPSA) is 24.5 Å². The monoisotopic (exact) mass is 350 g/mol. The Bertz CT molecular complexity index is 465. The third-order valence-electron chi connectivity index (χ3n) is 4.41. The van der Waals surface area contributed by atoms with Crippen LogP contribution in [-0.4, -0.2) is 38.2 Å². The molecule has 1 aliphatic heterocycles. The standard InChI is InChI=1S/C16H23FN2O.2ClH/c1-20-13-4-5-14(15(17)11-13)16(10-12-2-3-12)19-8-6-18-7-9-19;;/h4-5,11-12,16,18H,2-3,6-10H2,1H3;2*1H/t16-;;/m1../s1. The molecule has 126 valence electrons. The van der Waals surface area contributed by atoms with Gasteiger partial charge in [-0.15, -0.1) is 24.8 Å². The highest BCUT2D eigenvalue weighted by molar-refractivity contribution is 5.85. The van der Waals surface area contributed by atoms with Crippen molar-refractivity contribution < 1.29 is 9.13 Å². The van der Waals surface area contributed by atoms with Crippen molar-refractivity contribution in [2.45, 2.75) is 25.3 Å². The van der Waals surface area contributed by atoms with E-state index in [-0.39, 0.29) is 36.7 Å². The molecule has 1 saturated heterocycles. The lowest BCUT2D eigenvalue weighted by molar-refractivity contribution is 0.157. The van der Waals surface area contributed by atoms with Gasteiger partial charge in [0.25, 0.3) is 0 Å². The van der Waals surface area contributed by atoms with Gasteiger partial charge in [-0.2, -0.15) is 0 Å². The molecule has 1 N–H and O–H groups in total. The van der Waals surface area contributed by atoms with E-state index in [1.165, 1.54) is 18.9 Å². The number of hydrogen-bond acceptors (Lipinski definition) is 3. The molecule has 1 aliphatic carbocycles. The molecule has 0 spiro atoms. The first-order chi connectivity index (χ1) is 9.78. The third kappa shape index (κ3) is 4.72. The Morgan fingerprint density at radius 3 is 2.50 bits per heavy atom. The highest BCUT2D eigenvalue weighted by Crippen LogP contribution is 2.41. The molecule has 0 bridgehead atoms.